The number of nitrogens with two attached hydrogens (primary N) is 1. The van der Waals surface area contributed by atoms with Gasteiger partial charge in [-0.3, -0.25) is 4.99 Å². The van der Waals surface area contributed by atoms with E-state index in [2.05, 4.69) is 10.3 Å². The summed E-state index contributed by atoms with van der Waals surface area (Å²) < 4.78 is 10.6. The van der Waals surface area contributed by atoms with E-state index in [-0.39, 0.29) is 29.5 Å². The van der Waals surface area contributed by atoms with Crippen LogP contribution in [0.4, 0.5) is 0 Å². The minimum Gasteiger partial charge on any atom is -0.467 e. The smallest absolute Gasteiger partial charge is 0.188 e. The van der Waals surface area contributed by atoms with E-state index in [1.807, 2.05) is 32.9 Å². The first-order valence-electron chi connectivity index (χ1n) is 6.15. The molecule has 5 nitrogen and oxygen atoms in total. The van der Waals surface area contributed by atoms with E-state index in [0.29, 0.717) is 25.7 Å². The number of rotatable bonds is 6. The number of nitrogens with zero attached hydrogens (tertiary/aromatic N) is 1. The van der Waals surface area contributed by atoms with Gasteiger partial charge in [-0.15, -0.1) is 24.0 Å². The van der Waals surface area contributed by atoms with Crippen molar-refractivity contribution in [2.45, 2.75) is 39.3 Å². The van der Waals surface area contributed by atoms with Gasteiger partial charge < -0.3 is 20.2 Å². The van der Waals surface area contributed by atoms with E-state index in [9.17, 15) is 0 Å². The Hall–Kier alpha value is -0.760. The maximum absolute atomic E-state index is 5.73. The number of hydrogen-bond donors (Lipinski definition) is 2. The summed E-state index contributed by atoms with van der Waals surface area (Å²) in [4.78, 5) is 4.22. The van der Waals surface area contributed by atoms with E-state index in [0.717, 1.165) is 12.2 Å². The molecular weight excluding hydrogens is 357 g/mol. The van der Waals surface area contributed by atoms with Gasteiger partial charge in [0.15, 0.2) is 5.96 Å². The first kappa shape index (κ1) is 18.2. The Morgan fingerprint density at radius 1 is 1.47 bits per heavy atom. The molecule has 1 aromatic rings. The van der Waals surface area contributed by atoms with Crippen molar-refractivity contribution in [1.82, 2.24) is 5.32 Å². The zero-order valence-electron chi connectivity index (χ0n) is 11.8. The number of aliphatic imine (C=N–C) groups is 1. The van der Waals surface area contributed by atoms with Crippen molar-refractivity contribution >= 4 is 29.9 Å². The first-order valence-corrected chi connectivity index (χ1v) is 6.15. The van der Waals surface area contributed by atoms with Gasteiger partial charge in [0, 0.05) is 18.7 Å². The minimum atomic E-state index is -0.0522. The van der Waals surface area contributed by atoms with Crippen LogP contribution in [0.3, 0.4) is 0 Å². The van der Waals surface area contributed by atoms with Crippen LogP contribution >= 0.6 is 24.0 Å². The summed E-state index contributed by atoms with van der Waals surface area (Å²) in [7, 11) is 0. The monoisotopic (exact) mass is 381 g/mol. The molecule has 0 aliphatic rings. The van der Waals surface area contributed by atoms with Crippen molar-refractivity contribution in [2.75, 3.05) is 13.2 Å². The molecule has 1 heterocycles. The van der Waals surface area contributed by atoms with E-state index < -0.39 is 0 Å². The van der Waals surface area contributed by atoms with Gasteiger partial charge >= 0.3 is 0 Å². The number of ether oxygens (including phenoxy) is 1. The predicted octanol–water partition coefficient (Wildman–Crippen LogP) is 2.51. The van der Waals surface area contributed by atoms with Gasteiger partial charge in [0.25, 0.3) is 0 Å². The maximum Gasteiger partial charge on any atom is 0.188 e. The molecule has 0 spiro atoms. The quantitative estimate of drug-likeness (QED) is 0.344. The molecule has 0 aliphatic heterocycles. The molecule has 1 rings (SSSR count). The molecule has 3 N–H and O–H groups in total. The summed E-state index contributed by atoms with van der Waals surface area (Å²) in [5.41, 5.74) is 5.68. The highest BCUT2D eigenvalue weighted by atomic mass is 127. The standard InChI is InChI=1S/C13H23N3O2.HI/c1-13(2,3)16-12(14)15-7-5-8-17-10-11-6-4-9-18-11;/h4,6,9H,5,7-8,10H2,1-3H3,(H3,14,15,16);1H. The molecule has 6 heteroatoms. The lowest BCUT2D eigenvalue weighted by Crippen LogP contribution is -2.45. The number of furan rings is 1. The van der Waals surface area contributed by atoms with Crippen LogP contribution in [0.1, 0.15) is 33.0 Å². The second-order valence-corrected chi connectivity index (χ2v) is 5.13. The summed E-state index contributed by atoms with van der Waals surface area (Å²) in [6.45, 7) is 7.94. The Labute approximate surface area is 132 Å². The van der Waals surface area contributed by atoms with Crippen molar-refractivity contribution in [3.63, 3.8) is 0 Å². The summed E-state index contributed by atoms with van der Waals surface area (Å²) in [6.07, 6.45) is 2.48. The topological polar surface area (TPSA) is 72.8 Å². The number of guanidine groups is 1. The van der Waals surface area contributed by atoms with Crippen LogP contribution in [0.25, 0.3) is 0 Å². The van der Waals surface area contributed by atoms with Crippen molar-refractivity contribution in [3.8, 4) is 0 Å². The number of halogens is 1. The lowest BCUT2D eigenvalue weighted by molar-refractivity contribution is 0.105. The molecule has 0 bridgehead atoms. The van der Waals surface area contributed by atoms with Gasteiger partial charge in [0.2, 0.25) is 0 Å². The molecule has 110 valence electrons. The average Bonchev–Trinajstić information content (AvgIpc) is 2.73. The second kappa shape index (κ2) is 9.19. The molecule has 0 saturated heterocycles. The lowest BCUT2D eigenvalue weighted by Gasteiger charge is -2.20. The lowest BCUT2D eigenvalue weighted by atomic mass is 10.1. The third kappa shape index (κ3) is 9.77. The summed E-state index contributed by atoms with van der Waals surface area (Å²) >= 11 is 0. The predicted molar refractivity (Wildman–Crippen MR) is 87.8 cm³/mol. The normalized spacial score (nSPS) is 12.1. The van der Waals surface area contributed by atoms with E-state index in [4.69, 9.17) is 14.9 Å². The fraction of sp³-hybridized carbons (Fsp3) is 0.615. The maximum atomic E-state index is 5.73. The molecule has 0 aromatic carbocycles. The van der Waals surface area contributed by atoms with E-state index in [1.165, 1.54) is 0 Å². The van der Waals surface area contributed by atoms with Crippen LogP contribution in [0, 0.1) is 0 Å². The SMILES string of the molecule is CC(C)(C)NC(N)=NCCCOCc1ccco1.I. The molecular formula is C13H24IN3O2. The van der Waals surface area contributed by atoms with Crippen molar-refractivity contribution in [3.05, 3.63) is 24.2 Å². The highest BCUT2D eigenvalue weighted by Crippen LogP contribution is 2.02. The highest BCUT2D eigenvalue weighted by molar-refractivity contribution is 14.0. The van der Waals surface area contributed by atoms with Crippen molar-refractivity contribution in [1.29, 1.82) is 0 Å². The van der Waals surface area contributed by atoms with Gasteiger partial charge in [-0.05, 0) is 39.3 Å². The first-order chi connectivity index (χ1) is 8.47. The van der Waals surface area contributed by atoms with Crippen LogP contribution in [-0.2, 0) is 11.3 Å². The molecule has 0 atom stereocenters. The second-order valence-electron chi connectivity index (χ2n) is 5.13. The summed E-state index contributed by atoms with van der Waals surface area (Å²) in [5.74, 6) is 1.32. The van der Waals surface area contributed by atoms with Gasteiger partial charge in [-0.25, -0.2) is 0 Å². The third-order valence-corrected chi connectivity index (χ3v) is 2.06. The van der Waals surface area contributed by atoms with Gasteiger partial charge in [-0.1, -0.05) is 0 Å². The average molecular weight is 381 g/mol. The van der Waals surface area contributed by atoms with Crippen LogP contribution in [-0.4, -0.2) is 24.7 Å². The van der Waals surface area contributed by atoms with Gasteiger partial charge in [0.05, 0.1) is 6.26 Å². The molecule has 0 fully saturated rings. The Kier molecular flexibility index (Phi) is 8.82. The van der Waals surface area contributed by atoms with Gasteiger partial charge in [0.1, 0.15) is 12.4 Å². The fourth-order valence-corrected chi connectivity index (χ4v) is 1.36. The summed E-state index contributed by atoms with van der Waals surface area (Å²) in [6, 6.07) is 3.74. The largest absolute Gasteiger partial charge is 0.467 e. The Bertz CT molecular complexity index is 358. The van der Waals surface area contributed by atoms with Crippen LogP contribution in [0.15, 0.2) is 27.8 Å². The number of hydrogen-bond acceptors (Lipinski definition) is 3. The van der Waals surface area contributed by atoms with E-state index in [1.54, 1.807) is 6.26 Å². The van der Waals surface area contributed by atoms with Crippen molar-refractivity contribution < 1.29 is 9.15 Å². The molecule has 1 aromatic heterocycles. The van der Waals surface area contributed by atoms with Crippen LogP contribution in [0.2, 0.25) is 0 Å². The highest BCUT2D eigenvalue weighted by Gasteiger charge is 2.09. The van der Waals surface area contributed by atoms with E-state index >= 15 is 0 Å². The molecule has 0 aliphatic carbocycles. The molecule has 0 unspecified atom stereocenters. The zero-order chi connectivity index (χ0) is 13.4. The third-order valence-electron chi connectivity index (χ3n) is 2.06. The molecule has 19 heavy (non-hydrogen) atoms. The molecule has 0 saturated carbocycles. The zero-order valence-corrected chi connectivity index (χ0v) is 14.1. The Morgan fingerprint density at radius 2 is 2.21 bits per heavy atom. The number of nitrogens with one attached hydrogen (secondary N) is 1. The van der Waals surface area contributed by atoms with Crippen molar-refractivity contribution in [2.24, 2.45) is 10.7 Å². The fourth-order valence-electron chi connectivity index (χ4n) is 1.36. The van der Waals surface area contributed by atoms with Crippen LogP contribution < -0.4 is 11.1 Å². The van der Waals surface area contributed by atoms with Crippen LogP contribution in [0.5, 0.6) is 0 Å². The molecule has 0 amide bonds. The summed E-state index contributed by atoms with van der Waals surface area (Å²) in [5, 5.41) is 3.10. The van der Waals surface area contributed by atoms with Gasteiger partial charge in [-0.2, -0.15) is 0 Å². The molecule has 0 radical (unpaired) electrons. The Balaban J connectivity index is 0.00000324. The minimum absolute atomic E-state index is 0. The Morgan fingerprint density at radius 3 is 2.79 bits per heavy atom.